The van der Waals surface area contributed by atoms with Gasteiger partial charge in [-0.25, -0.2) is 0 Å². The number of hydrogen-bond acceptors (Lipinski definition) is 1. The Balaban J connectivity index is 1.13. The molecule has 0 unspecified atom stereocenters. The van der Waals surface area contributed by atoms with Crippen molar-refractivity contribution in [3.8, 4) is 33.4 Å². The molecule has 11 aromatic carbocycles. The number of benzene rings is 11. The molecular formula is C67H57N. The summed E-state index contributed by atoms with van der Waals surface area (Å²) in [4.78, 5) is 2.53. The molecule has 1 nitrogen and oxygen atoms in total. The van der Waals surface area contributed by atoms with Crippen molar-refractivity contribution >= 4 is 70.9 Å². The standard InChI is InChI=1S/C67H57N/c1-5-7-42-67(43-8-6-2)59-34-20-19-32-57(59)66-58(33-21-35-60(66)67)65-54-30-17-15-28-52(54)64(53-29-16-18-31-55(53)65)56-38-41-63(51-27-14-11-24-48(51)56)68(61-39-36-44(3)46-22-9-12-25-49(46)61)62-40-37-45(4)47-23-10-13-26-50(47)62/h9-41H,5-8,42-43H2,1-4H3. The van der Waals surface area contributed by atoms with Crippen LogP contribution in [0.4, 0.5) is 17.1 Å². The summed E-state index contributed by atoms with van der Waals surface area (Å²) in [7, 11) is 0. The van der Waals surface area contributed by atoms with E-state index in [0.717, 1.165) is 5.69 Å². The first kappa shape index (κ1) is 41.9. The van der Waals surface area contributed by atoms with Crippen molar-refractivity contribution in [2.24, 2.45) is 0 Å². The monoisotopic (exact) mass is 875 g/mol. The maximum atomic E-state index is 2.53. The summed E-state index contributed by atoms with van der Waals surface area (Å²) in [6.45, 7) is 9.13. The Morgan fingerprint density at radius 3 is 1.21 bits per heavy atom. The van der Waals surface area contributed by atoms with Gasteiger partial charge < -0.3 is 4.90 Å². The van der Waals surface area contributed by atoms with Gasteiger partial charge in [0, 0.05) is 21.6 Å². The maximum absolute atomic E-state index is 2.53. The normalized spacial score (nSPS) is 12.9. The van der Waals surface area contributed by atoms with E-state index in [1.807, 2.05) is 0 Å². The highest BCUT2D eigenvalue weighted by Gasteiger charge is 2.43. The Labute approximate surface area is 401 Å². The van der Waals surface area contributed by atoms with Crippen LogP contribution in [-0.4, -0.2) is 0 Å². The minimum absolute atomic E-state index is 0.0176. The lowest BCUT2D eigenvalue weighted by atomic mass is 9.70. The fourth-order valence-electron chi connectivity index (χ4n) is 12.4. The Bertz CT molecular complexity index is 3610. The van der Waals surface area contributed by atoms with Gasteiger partial charge in [0.1, 0.15) is 0 Å². The molecule has 68 heavy (non-hydrogen) atoms. The van der Waals surface area contributed by atoms with E-state index in [4.69, 9.17) is 0 Å². The number of nitrogens with zero attached hydrogens (tertiary/aromatic N) is 1. The van der Waals surface area contributed by atoms with E-state index >= 15 is 0 Å². The third-order valence-corrected chi connectivity index (χ3v) is 15.5. The molecule has 12 rings (SSSR count). The van der Waals surface area contributed by atoms with Crippen LogP contribution in [0, 0.1) is 13.8 Å². The fraction of sp³-hybridized carbons (Fsp3) is 0.164. The Morgan fingerprint density at radius 1 is 0.309 bits per heavy atom. The van der Waals surface area contributed by atoms with Gasteiger partial charge >= 0.3 is 0 Å². The number of aryl methyl sites for hydroxylation is 2. The molecule has 0 spiro atoms. The highest BCUT2D eigenvalue weighted by molar-refractivity contribution is 6.25. The predicted molar refractivity (Wildman–Crippen MR) is 294 cm³/mol. The number of unbranched alkanes of at least 4 members (excludes halogenated alkanes) is 2. The Hall–Kier alpha value is -7.48. The molecule has 0 heterocycles. The highest BCUT2D eigenvalue weighted by atomic mass is 15.1. The van der Waals surface area contributed by atoms with Crippen LogP contribution in [-0.2, 0) is 5.41 Å². The lowest BCUT2D eigenvalue weighted by Crippen LogP contribution is -2.25. The molecule has 0 saturated carbocycles. The van der Waals surface area contributed by atoms with E-state index in [1.54, 1.807) is 0 Å². The first-order valence-corrected chi connectivity index (χ1v) is 25.0. The van der Waals surface area contributed by atoms with E-state index in [9.17, 15) is 0 Å². The molecule has 0 bridgehead atoms. The van der Waals surface area contributed by atoms with E-state index in [0.29, 0.717) is 0 Å². The predicted octanol–water partition coefficient (Wildman–Crippen LogP) is 19.5. The Kier molecular flexibility index (Phi) is 10.5. The van der Waals surface area contributed by atoms with Gasteiger partial charge in [-0.2, -0.15) is 0 Å². The van der Waals surface area contributed by atoms with Gasteiger partial charge in [-0.3, -0.25) is 0 Å². The molecule has 0 atom stereocenters. The summed E-state index contributed by atoms with van der Waals surface area (Å²) in [5.41, 5.74) is 17.1. The summed E-state index contributed by atoms with van der Waals surface area (Å²) < 4.78 is 0. The molecule has 0 amide bonds. The van der Waals surface area contributed by atoms with Crippen molar-refractivity contribution in [2.45, 2.75) is 71.6 Å². The van der Waals surface area contributed by atoms with Crippen molar-refractivity contribution in [2.75, 3.05) is 4.90 Å². The van der Waals surface area contributed by atoms with Crippen LogP contribution in [0.3, 0.4) is 0 Å². The maximum Gasteiger partial charge on any atom is 0.0540 e. The minimum Gasteiger partial charge on any atom is -0.309 e. The quantitative estimate of drug-likeness (QED) is 0.117. The van der Waals surface area contributed by atoms with Crippen LogP contribution in [0.25, 0.3) is 87.2 Å². The van der Waals surface area contributed by atoms with Gasteiger partial charge in [-0.1, -0.05) is 222 Å². The molecule has 0 saturated heterocycles. The second-order valence-corrected chi connectivity index (χ2v) is 19.3. The second-order valence-electron chi connectivity index (χ2n) is 19.3. The number of rotatable bonds is 11. The zero-order valence-electron chi connectivity index (χ0n) is 39.7. The van der Waals surface area contributed by atoms with E-state index < -0.39 is 0 Å². The van der Waals surface area contributed by atoms with Crippen LogP contribution in [0.5, 0.6) is 0 Å². The molecule has 0 aliphatic heterocycles. The molecule has 0 N–H and O–H groups in total. The SMILES string of the molecule is CCCCC1(CCCC)c2ccccc2-c2c(-c3c4ccccc4c(-c4ccc(N(c5ccc(C)c6ccccc56)c5ccc(C)c6ccccc56)c5ccccc45)c4ccccc34)cccc21. The molecule has 1 heteroatoms. The summed E-state index contributed by atoms with van der Waals surface area (Å²) in [6.07, 6.45) is 7.19. The van der Waals surface area contributed by atoms with Crippen LogP contribution < -0.4 is 4.90 Å². The first-order chi connectivity index (χ1) is 33.5. The molecule has 0 radical (unpaired) electrons. The van der Waals surface area contributed by atoms with Crippen molar-refractivity contribution < 1.29 is 0 Å². The zero-order valence-corrected chi connectivity index (χ0v) is 39.7. The van der Waals surface area contributed by atoms with Crippen LogP contribution >= 0.6 is 0 Å². The minimum atomic E-state index is 0.0176. The van der Waals surface area contributed by atoms with Crippen molar-refractivity contribution in [3.05, 3.63) is 222 Å². The van der Waals surface area contributed by atoms with E-state index in [-0.39, 0.29) is 5.41 Å². The number of anilines is 3. The number of fused-ring (bicyclic) bond motifs is 8. The lowest BCUT2D eigenvalue weighted by molar-refractivity contribution is 0.414. The average Bonchev–Trinajstić information content (AvgIpc) is 3.67. The summed E-state index contributed by atoms with van der Waals surface area (Å²) >= 11 is 0. The van der Waals surface area contributed by atoms with Gasteiger partial charge in [-0.15, -0.1) is 0 Å². The fourth-order valence-corrected chi connectivity index (χ4v) is 12.4. The third-order valence-electron chi connectivity index (χ3n) is 15.5. The summed E-state index contributed by atoms with van der Waals surface area (Å²) in [5, 5.41) is 12.6. The van der Waals surface area contributed by atoms with Gasteiger partial charge in [0.2, 0.25) is 0 Å². The molecule has 1 aliphatic carbocycles. The molecule has 330 valence electrons. The van der Waals surface area contributed by atoms with Crippen LogP contribution in [0.15, 0.2) is 200 Å². The first-order valence-electron chi connectivity index (χ1n) is 25.0. The smallest absolute Gasteiger partial charge is 0.0540 e. The highest BCUT2D eigenvalue weighted by Crippen LogP contribution is 2.58. The zero-order chi connectivity index (χ0) is 45.9. The van der Waals surface area contributed by atoms with Gasteiger partial charge in [-0.05, 0) is 138 Å². The summed E-state index contributed by atoms with van der Waals surface area (Å²) in [6, 6.07) is 76.0. The van der Waals surface area contributed by atoms with Gasteiger partial charge in [0.25, 0.3) is 0 Å². The molecular weight excluding hydrogens is 819 g/mol. The Morgan fingerprint density at radius 2 is 0.691 bits per heavy atom. The molecule has 0 aromatic heterocycles. The summed E-state index contributed by atoms with van der Waals surface area (Å²) in [5.74, 6) is 0. The van der Waals surface area contributed by atoms with E-state index in [1.165, 1.54) is 159 Å². The van der Waals surface area contributed by atoms with Crippen molar-refractivity contribution in [1.82, 2.24) is 0 Å². The average molecular weight is 876 g/mol. The topological polar surface area (TPSA) is 3.24 Å². The number of hydrogen-bond donors (Lipinski definition) is 0. The largest absolute Gasteiger partial charge is 0.309 e. The van der Waals surface area contributed by atoms with Crippen molar-refractivity contribution in [3.63, 3.8) is 0 Å². The lowest BCUT2D eigenvalue weighted by Gasteiger charge is -2.33. The second kappa shape index (κ2) is 17.0. The van der Waals surface area contributed by atoms with E-state index in [2.05, 4.69) is 233 Å². The van der Waals surface area contributed by atoms with Crippen LogP contribution in [0.2, 0.25) is 0 Å². The molecule has 1 aliphatic rings. The van der Waals surface area contributed by atoms with Gasteiger partial charge in [0.15, 0.2) is 0 Å². The van der Waals surface area contributed by atoms with Crippen LogP contribution in [0.1, 0.15) is 74.6 Å². The van der Waals surface area contributed by atoms with Crippen molar-refractivity contribution in [1.29, 1.82) is 0 Å². The molecule has 11 aromatic rings. The third kappa shape index (κ3) is 6.43. The molecule has 0 fully saturated rings. The van der Waals surface area contributed by atoms with Gasteiger partial charge in [0.05, 0.1) is 17.1 Å².